The highest BCUT2D eigenvalue weighted by Crippen LogP contribution is 2.35. The van der Waals surface area contributed by atoms with Gasteiger partial charge in [-0.3, -0.25) is 4.79 Å². The van der Waals surface area contributed by atoms with Crippen LogP contribution in [0.2, 0.25) is 0 Å². The van der Waals surface area contributed by atoms with E-state index in [4.69, 9.17) is 0 Å². The molecule has 74 valence electrons. The number of Topliss-reactive ketones (excluding diaryl/α,β-unsaturated/α-hetero) is 1. The summed E-state index contributed by atoms with van der Waals surface area (Å²) in [6.07, 6.45) is 9.75. The van der Waals surface area contributed by atoms with Gasteiger partial charge in [0.2, 0.25) is 0 Å². The summed E-state index contributed by atoms with van der Waals surface area (Å²) in [7, 11) is 0. The fourth-order valence-corrected chi connectivity index (χ4v) is 2.87. The van der Waals surface area contributed by atoms with Crippen molar-refractivity contribution in [3.05, 3.63) is 23.4 Å². The Bertz CT molecular complexity index is 340. The Kier molecular flexibility index (Phi) is 1.76. The smallest absolute Gasteiger partial charge is 0.164 e. The molecule has 0 spiro atoms. The second kappa shape index (κ2) is 2.97. The fourth-order valence-electron chi connectivity index (χ4n) is 2.87. The third-order valence-corrected chi connectivity index (χ3v) is 3.56. The number of hydrogen-bond acceptors (Lipinski definition) is 2. The Hall–Kier alpha value is -1.05. The Balaban J connectivity index is 2.02. The van der Waals surface area contributed by atoms with Crippen LogP contribution in [0.15, 0.2) is 23.4 Å². The number of nitrogens with zero attached hydrogens (tertiary/aromatic N) is 1. The van der Waals surface area contributed by atoms with Crippen LogP contribution in [0.4, 0.5) is 0 Å². The van der Waals surface area contributed by atoms with Crippen LogP contribution in [0.1, 0.15) is 32.1 Å². The SMILES string of the molecule is O=C1CCCC2=C1C=CC1CCCN21. The van der Waals surface area contributed by atoms with Crippen LogP contribution >= 0.6 is 0 Å². The summed E-state index contributed by atoms with van der Waals surface area (Å²) >= 11 is 0. The molecule has 3 aliphatic rings. The number of allylic oxidation sites excluding steroid dienone is 3. The lowest BCUT2D eigenvalue weighted by molar-refractivity contribution is -0.116. The summed E-state index contributed by atoms with van der Waals surface area (Å²) in [5.41, 5.74) is 2.35. The highest BCUT2D eigenvalue weighted by atomic mass is 16.1. The number of fused-ring (bicyclic) bond motifs is 2. The van der Waals surface area contributed by atoms with Crippen LogP contribution in [0, 0.1) is 0 Å². The zero-order chi connectivity index (χ0) is 9.54. The Morgan fingerprint density at radius 2 is 2.21 bits per heavy atom. The van der Waals surface area contributed by atoms with E-state index in [0.29, 0.717) is 11.8 Å². The lowest BCUT2D eigenvalue weighted by Crippen LogP contribution is -2.33. The van der Waals surface area contributed by atoms with Gasteiger partial charge in [0.05, 0.1) is 0 Å². The maximum Gasteiger partial charge on any atom is 0.164 e. The van der Waals surface area contributed by atoms with E-state index in [-0.39, 0.29) is 0 Å². The molecule has 2 heterocycles. The van der Waals surface area contributed by atoms with E-state index in [1.807, 2.05) is 0 Å². The highest BCUT2D eigenvalue weighted by molar-refractivity contribution is 5.99. The summed E-state index contributed by atoms with van der Waals surface area (Å²) in [4.78, 5) is 14.1. The van der Waals surface area contributed by atoms with E-state index in [9.17, 15) is 4.79 Å². The molecule has 2 heteroatoms. The fraction of sp³-hybridized carbons (Fsp3) is 0.583. The van der Waals surface area contributed by atoms with Crippen molar-refractivity contribution in [2.75, 3.05) is 6.54 Å². The molecule has 1 aliphatic carbocycles. The zero-order valence-electron chi connectivity index (χ0n) is 8.33. The highest BCUT2D eigenvalue weighted by Gasteiger charge is 2.32. The van der Waals surface area contributed by atoms with Crippen molar-refractivity contribution in [1.82, 2.24) is 4.90 Å². The van der Waals surface area contributed by atoms with Crippen molar-refractivity contribution in [2.24, 2.45) is 0 Å². The molecular formula is C12H15NO. The minimum absolute atomic E-state index is 0.354. The van der Waals surface area contributed by atoms with Crippen LogP contribution in [-0.4, -0.2) is 23.3 Å². The van der Waals surface area contributed by atoms with Gasteiger partial charge in [-0.25, -0.2) is 0 Å². The van der Waals surface area contributed by atoms with Gasteiger partial charge in [0, 0.05) is 30.3 Å². The molecule has 0 aromatic heterocycles. The molecule has 1 unspecified atom stereocenters. The van der Waals surface area contributed by atoms with Crippen LogP contribution in [0.25, 0.3) is 0 Å². The first-order valence-electron chi connectivity index (χ1n) is 5.57. The lowest BCUT2D eigenvalue weighted by atomic mass is 9.90. The van der Waals surface area contributed by atoms with Crippen LogP contribution in [-0.2, 0) is 4.79 Å². The van der Waals surface area contributed by atoms with Gasteiger partial charge in [0.15, 0.2) is 5.78 Å². The number of ketones is 1. The number of rotatable bonds is 0. The van der Waals surface area contributed by atoms with Gasteiger partial charge in [-0.2, -0.15) is 0 Å². The van der Waals surface area contributed by atoms with E-state index < -0.39 is 0 Å². The molecule has 0 N–H and O–H groups in total. The maximum absolute atomic E-state index is 11.7. The molecule has 0 saturated carbocycles. The van der Waals surface area contributed by atoms with Crippen LogP contribution in [0.5, 0.6) is 0 Å². The van der Waals surface area contributed by atoms with Gasteiger partial charge >= 0.3 is 0 Å². The summed E-state index contributed by atoms with van der Waals surface area (Å²) < 4.78 is 0. The maximum atomic E-state index is 11.7. The molecule has 0 amide bonds. The lowest BCUT2D eigenvalue weighted by Gasteiger charge is -2.34. The Morgan fingerprint density at radius 3 is 3.14 bits per heavy atom. The van der Waals surface area contributed by atoms with Crippen molar-refractivity contribution < 1.29 is 4.79 Å². The first-order chi connectivity index (χ1) is 6.86. The van der Waals surface area contributed by atoms with Crippen molar-refractivity contribution in [3.8, 4) is 0 Å². The molecule has 0 bridgehead atoms. The third-order valence-electron chi connectivity index (χ3n) is 3.56. The molecule has 3 rings (SSSR count). The van der Waals surface area contributed by atoms with E-state index in [2.05, 4.69) is 17.1 Å². The molecule has 0 aromatic rings. The van der Waals surface area contributed by atoms with Crippen molar-refractivity contribution in [2.45, 2.75) is 38.1 Å². The Labute approximate surface area is 84.3 Å². The molecule has 1 atom stereocenters. The third kappa shape index (κ3) is 1.06. The molecule has 2 aliphatic heterocycles. The second-order valence-electron chi connectivity index (χ2n) is 4.40. The van der Waals surface area contributed by atoms with Crippen LogP contribution in [0.3, 0.4) is 0 Å². The predicted molar refractivity (Wildman–Crippen MR) is 54.8 cm³/mol. The number of carbonyl (C=O) groups is 1. The van der Waals surface area contributed by atoms with Crippen LogP contribution < -0.4 is 0 Å². The second-order valence-corrected chi connectivity index (χ2v) is 4.40. The topological polar surface area (TPSA) is 20.3 Å². The largest absolute Gasteiger partial charge is 0.368 e. The zero-order valence-corrected chi connectivity index (χ0v) is 8.33. The summed E-state index contributed by atoms with van der Waals surface area (Å²) in [6.45, 7) is 1.15. The summed E-state index contributed by atoms with van der Waals surface area (Å²) in [5, 5.41) is 0. The minimum Gasteiger partial charge on any atom is -0.368 e. The standard InChI is InChI=1S/C12H15NO/c14-12-5-1-4-11-10(12)7-6-9-3-2-8-13(9)11/h6-7,9H,1-5,8H2. The molecular weight excluding hydrogens is 174 g/mol. The molecule has 0 aromatic carbocycles. The van der Waals surface area contributed by atoms with Crippen molar-refractivity contribution >= 4 is 5.78 Å². The number of carbonyl (C=O) groups excluding carboxylic acids is 1. The average Bonchev–Trinajstić information content (AvgIpc) is 2.66. The number of hydrogen-bond donors (Lipinski definition) is 0. The van der Waals surface area contributed by atoms with Gasteiger partial charge in [0.25, 0.3) is 0 Å². The van der Waals surface area contributed by atoms with Crippen molar-refractivity contribution in [1.29, 1.82) is 0 Å². The first kappa shape index (κ1) is 8.27. The molecule has 0 radical (unpaired) electrons. The molecule has 2 nitrogen and oxygen atoms in total. The first-order valence-corrected chi connectivity index (χ1v) is 5.57. The van der Waals surface area contributed by atoms with Gasteiger partial charge < -0.3 is 4.90 Å². The van der Waals surface area contributed by atoms with E-state index in [1.54, 1.807) is 0 Å². The molecule has 14 heavy (non-hydrogen) atoms. The average molecular weight is 189 g/mol. The molecule has 1 fully saturated rings. The minimum atomic E-state index is 0.354. The van der Waals surface area contributed by atoms with Gasteiger partial charge in [-0.15, -0.1) is 0 Å². The quantitative estimate of drug-likeness (QED) is 0.581. The molecule has 1 saturated heterocycles. The predicted octanol–water partition coefficient (Wildman–Crippen LogP) is 2.03. The van der Waals surface area contributed by atoms with E-state index >= 15 is 0 Å². The summed E-state index contributed by atoms with van der Waals surface area (Å²) in [6, 6.07) is 0.597. The van der Waals surface area contributed by atoms with Crippen molar-refractivity contribution in [3.63, 3.8) is 0 Å². The van der Waals surface area contributed by atoms with Gasteiger partial charge in [-0.05, 0) is 25.7 Å². The normalized spacial score (nSPS) is 30.7. The van der Waals surface area contributed by atoms with Gasteiger partial charge in [-0.1, -0.05) is 12.2 Å². The van der Waals surface area contributed by atoms with E-state index in [1.165, 1.54) is 18.5 Å². The van der Waals surface area contributed by atoms with E-state index in [0.717, 1.165) is 31.4 Å². The monoisotopic (exact) mass is 189 g/mol. The van der Waals surface area contributed by atoms with Gasteiger partial charge in [0.1, 0.15) is 0 Å². The Morgan fingerprint density at radius 1 is 1.29 bits per heavy atom. The summed E-state index contributed by atoms with van der Waals surface area (Å²) in [5.74, 6) is 0.354.